The molecule has 1 aromatic rings. The first-order valence-corrected chi connectivity index (χ1v) is 8.68. The van der Waals surface area contributed by atoms with Crippen LogP contribution in [0.3, 0.4) is 0 Å². The predicted octanol–water partition coefficient (Wildman–Crippen LogP) is 3.83. The minimum Gasteiger partial charge on any atom is -0.507 e. The molecule has 0 amide bonds. The van der Waals surface area contributed by atoms with Crippen LogP contribution in [0.5, 0.6) is 5.75 Å². The first-order chi connectivity index (χ1) is 11.0. The van der Waals surface area contributed by atoms with Gasteiger partial charge in [-0.25, -0.2) is 4.39 Å². The molecule has 7 heteroatoms. The summed E-state index contributed by atoms with van der Waals surface area (Å²) in [6.45, 7) is 9.26. The Morgan fingerprint density at radius 3 is 2.38 bits per heavy atom. The average Bonchev–Trinajstić information content (AvgIpc) is 2.65. The summed E-state index contributed by atoms with van der Waals surface area (Å²) in [5.41, 5.74) is 0.131. The number of phenolic OH excluding ortho intramolecular Hbond substituents is 1. The van der Waals surface area contributed by atoms with E-state index in [0.717, 1.165) is 17.8 Å². The second kappa shape index (κ2) is 6.90. The summed E-state index contributed by atoms with van der Waals surface area (Å²) in [7, 11) is -0.633. The number of hydrogen-bond donors (Lipinski definition) is 1. The second-order valence-corrected chi connectivity index (χ2v) is 7.94. The molecule has 0 bridgehead atoms. The number of benzene rings is 1. The van der Waals surface area contributed by atoms with Crippen molar-refractivity contribution in [3.8, 4) is 5.75 Å². The van der Waals surface area contributed by atoms with Gasteiger partial charge in [0, 0.05) is 24.3 Å². The summed E-state index contributed by atoms with van der Waals surface area (Å²) < 4.78 is 25.2. The SMILES string of the molecule is CC(=O)SCC(=Cc1ccc(F)cc1O)B1OC(C)(C)C(C)(C)O1. The molecule has 1 saturated heterocycles. The third kappa shape index (κ3) is 4.20. The van der Waals surface area contributed by atoms with Gasteiger partial charge < -0.3 is 14.4 Å². The van der Waals surface area contributed by atoms with Gasteiger partial charge in [-0.2, -0.15) is 0 Å². The van der Waals surface area contributed by atoms with Crippen molar-refractivity contribution in [2.24, 2.45) is 0 Å². The summed E-state index contributed by atoms with van der Waals surface area (Å²) >= 11 is 1.13. The van der Waals surface area contributed by atoms with Gasteiger partial charge in [-0.1, -0.05) is 17.8 Å². The van der Waals surface area contributed by atoms with E-state index in [2.05, 4.69) is 0 Å². The zero-order valence-corrected chi connectivity index (χ0v) is 15.4. The molecule has 0 unspecified atom stereocenters. The van der Waals surface area contributed by atoms with Crippen LogP contribution < -0.4 is 0 Å². The van der Waals surface area contributed by atoms with Crippen LogP contribution >= 0.6 is 11.8 Å². The van der Waals surface area contributed by atoms with E-state index in [1.165, 1.54) is 19.1 Å². The van der Waals surface area contributed by atoms with E-state index in [1.54, 1.807) is 6.08 Å². The van der Waals surface area contributed by atoms with Crippen LogP contribution in [-0.4, -0.2) is 34.3 Å². The zero-order valence-electron chi connectivity index (χ0n) is 14.6. The van der Waals surface area contributed by atoms with Crippen molar-refractivity contribution in [2.45, 2.75) is 45.8 Å². The molecule has 0 spiro atoms. The van der Waals surface area contributed by atoms with Gasteiger partial charge in [0.25, 0.3) is 0 Å². The number of phenols is 1. The molecule has 4 nitrogen and oxygen atoms in total. The predicted molar refractivity (Wildman–Crippen MR) is 95.3 cm³/mol. The van der Waals surface area contributed by atoms with E-state index in [0.29, 0.717) is 16.8 Å². The van der Waals surface area contributed by atoms with E-state index in [-0.39, 0.29) is 10.9 Å². The Morgan fingerprint density at radius 1 is 1.29 bits per heavy atom. The second-order valence-electron chi connectivity index (χ2n) is 6.79. The molecule has 0 aromatic heterocycles. The van der Waals surface area contributed by atoms with Crippen molar-refractivity contribution in [1.82, 2.24) is 0 Å². The van der Waals surface area contributed by atoms with Gasteiger partial charge in [-0.3, -0.25) is 4.79 Å². The maximum atomic E-state index is 13.2. The van der Waals surface area contributed by atoms with Crippen LogP contribution in [0.25, 0.3) is 6.08 Å². The van der Waals surface area contributed by atoms with Crippen LogP contribution in [0.4, 0.5) is 4.39 Å². The van der Waals surface area contributed by atoms with Crippen molar-refractivity contribution in [3.63, 3.8) is 0 Å². The van der Waals surface area contributed by atoms with Gasteiger partial charge in [-0.15, -0.1) is 0 Å². The highest BCUT2D eigenvalue weighted by atomic mass is 32.2. The van der Waals surface area contributed by atoms with Gasteiger partial charge in [-0.05, 0) is 45.3 Å². The molecule has 1 fully saturated rings. The van der Waals surface area contributed by atoms with Crippen molar-refractivity contribution in [3.05, 3.63) is 35.1 Å². The topological polar surface area (TPSA) is 55.8 Å². The van der Waals surface area contributed by atoms with Crippen molar-refractivity contribution in [2.75, 3.05) is 5.75 Å². The van der Waals surface area contributed by atoms with Crippen LogP contribution in [0.1, 0.15) is 40.2 Å². The third-order valence-corrected chi connectivity index (χ3v) is 5.22. The lowest BCUT2D eigenvalue weighted by atomic mass is 9.78. The summed E-state index contributed by atoms with van der Waals surface area (Å²) in [4.78, 5) is 11.3. The Bertz CT molecular complexity index is 657. The average molecular weight is 352 g/mol. The minimum atomic E-state index is -0.633. The van der Waals surface area contributed by atoms with Crippen LogP contribution in [0, 0.1) is 5.82 Å². The van der Waals surface area contributed by atoms with E-state index in [4.69, 9.17) is 9.31 Å². The Balaban J connectivity index is 2.35. The molecule has 1 N–H and O–H groups in total. The monoisotopic (exact) mass is 352 g/mol. The molecular formula is C17H22BFO4S. The molecule has 24 heavy (non-hydrogen) atoms. The molecule has 1 aliphatic rings. The molecule has 0 saturated carbocycles. The molecule has 1 aromatic carbocycles. The van der Waals surface area contributed by atoms with Gasteiger partial charge in [0.1, 0.15) is 11.6 Å². The Labute approximate surface area is 146 Å². The van der Waals surface area contributed by atoms with E-state index >= 15 is 0 Å². The fraction of sp³-hybridized carbons (Fsp3) is 0.471. The fourth-order valence-corrected chi connectivity index (χ4v) is 2.79. The Hall–Kier alpha value is -1.31. The van der Waals surface area contributed by atoms with Crippen molar-refractivity contribution >= 4 is 30.1 Å². The summed E-state index contributed by atoms with van der Waals surface area (Å²) in [6.07, 6.45) is 1.69. The number of carbonyl (C=O) groups is 1. The van der Waals surface area contributed by atoms with Crippen molar-refractivity contribution in [1.29, 1.82) is 0 Å². The first-order valence-electron chi connectivity index (χ1n) is 7.70. The summed E-state index contributed by atoms with van der Waals surface area (Å²) in [5.74, 6) is -0.319. The third-order valence-electron chi connectivity index (χ3n) is 4.33. The standard InChI is InChI=1S/C17H22BFO4S/c1-11(20)24-10-13(8-12-6-7-14(19)9-15(12)21)18-22-16(2,3)17(4,5)23-18/h6-9,21H,10H2,1-5H3. The van der Waals surface area contributed by atoms with Gasteiger partial charge >= 0.3 is 7.12 Å². The maximum absolute atomic E-state index is 13.2. The lowest BCUT2D eigenvalue weighted by molar-refractivity contribution is -0.109. The Morgan fingerprint density at radius 2 is 1.88 bits per heavy atom. The summed E-state index contributed by atoms with van der Waals surface area (Å²) in [5, 5.41) is 9.90. The highest BCUT2D eigenvalue weighted by Crippen LogP contribution is 2.39. The van der Waals surface area contributed by atoms with Crippen LogP contribution in [-0.2, 0) is 14.1 Å². The van der Waals surface area contributed by atoms with E-state index < -0.39 is 24.1 Å². The molecule has 2 rings (SSSR count). The highest BCUT2D eigenvalue weighted by molar-refractivity contribution is 8.13. The number of thioether (sulfide) groups is 1. The molecule has 1 aliphatic heterocycles. The van der Waals surface area contributed by atoms with Gasteiger partial charge in [0.05, 0.1) is 11.2 Å². The number of carbonyl (C=O) groups excluding carboxylic acids is 1. The number of hydrogen-bond acceptors (Lipinski definition) is 5. The Kier molecular flexibility index (Phi) is 5.47. The smallest absolute Gasteiger partial charge is 0.491 e. The molecule has 1 heterocycles. The maximum Gasteiger partial charge on any atom is 0.491 e. The summed E-state index contributed by atoms with van der Waals surface area (Å²) in [6, 6.07) is 3.80. The van der Waals surface area contributed by atoms with E-state index in [9.17, 15) is 14.3 Å². The van der Waals surface area contributed by atoms with Gasteiger partial charge in [0.2, 0.25) is 0 Å². The molecule has 0 radical (unpaired) electrons. The fourth-order valence-electron chi connectivity index (χ4n) is 2.20. The van der Waals surface area contributed by atoms with Crippen LogP contribution in [0.15, 0.2) is 23.7 Å². The first kappa shape index (κ1) is 19.0. The number of halogens is 1. The minimum absolute atomic E-state index is 0.0271. The molecule has 0 atom stereocenters. The zero-order chi connectivity index (χ0) is 18.1. The molecule has 0 aliphatic carbocycles. The molecule has 130 valence electrons. The quantitative estimate of drug-likeness (QED) is 0.835. The number of aromatic hydroxyl groups is 1. The largest absolute Gasteiger partial charge is 0.507 e. The van der Waals surface area contributed by atoms with Gasteiger partial charge in [0.15, 0.2) is 5.12 Å². The lowest BCUT2D eigenvalue weighted by Crippen LogP contribution is -2.41. The normalized spacial score (nSPS) is 19.6. The lowest BCUT2D eigenvalue weighted by Gasteiger charge is -2.32. The highest BCUT2D eigenvalue weighted by Gasteiger charge is 2.52. The van der Waals surface area contributed by atoms with E-state index in [1.807, 2.05) is 27.7 Å². The van der Waals surface area contributed by atoms with Crippen LogP contribution in [0.2, 0.25) is 0 Å². The molecular weight excluding hydrogens is 330 g/mol. The van der Waals surface area contributed by atoms with Crippen molar-refractivity contribution < 1.29 is 23.6 Å². The number of rotatable bonds is 4.